The van der Waals surface area contributed by atoms with Crippen LogP contribution in [0.5, 0.6) is 0 Å². The average Bonchev–Trinajstić information content (AvgIpc) is 2.55. The van der Waals surface area contributed by atoms with E-state index in [1.165, 1.54) is 0 Å². The van der Waals surface area contributed by atoms with Crippen LogP contribution in [0.3, 0.4) is 0 Å². The molecule has 0 unspecified atom stereocenters. The van der Waals surface area contributed by atoms with Crippen LogP contribution < -0.4 is 5.32 Å². The highest BCUT2D eigenvalue weighted by atomic mass is 16.3. The number of aliphatic hydroxyl groups excluding tert-OH is 1. The van der Waals surface area contributed by atoms with Crippen LogP contribution in [0.1, 0.15) is 11.7 Å². The Morgan fingerprint density at radius 1 is 1.23 bits per heavy atom. The van der Waals surface area contributed by atoms with Gasteiger partial charge in [-0.05, 0) is 5.56 Å². The van der Waals surface area contributed by atoms with Crippen molar-refractivity contribution in [2.75, 3.05) is 45.8 Å². The number of β-amino-alcohol motifs (C(OH)–C–C–N with tert-alkyl or cyclic N) is 1. The Morgan fingerprint density at radius 2 is 1.86 bits per heavy atom. The van der Waals surface area contributed by atoms with Crippen molar-refractivity contribution in [1.29, 1.82) is 0 Å². The average molecular weight is 303 g/mol. The Labute approximate surface area is 132 Å². The van der Waals surface area contributed by atoms with E-state index in [9.17, 15) is 9.90 Å². The van der Waals surface area contributed by atoms with Gasteiger partial charge in [0.25, 0.3) is 0 Å². The van der Waals surface area contributed by atoms with E-state index in [-0.39, 0.29) is 5.91 Å². The van der Waals surface area contributed by atoms with Crippen molar-refractivity contribution >= 4 is 5.91 Å². The molecule has 0 bridgehead atoms. The van der Waals surface area contributed by atoms with Gasteiger partial charge in [-0.2, -0.15) is 0 Å². The smallest absolute Gasteiger partial charge is 0.234 e. The van der Waals surface area contributed by atoms with Crippen molar-refractivity contribution in [3.63, 3.8) is 0 Å². The van der Waals surface area contributed by atoms with Gasteiger partial charge in [-0.1, -0.05) is 36.4 Å². The number of nitrogens with zero attached hydrogens (tertiary/aromatic N) is 2. The molecule has 2 N–H and O–H groups in total. The minimum atomic E-state index is -0.455. The van der Waals surface area contributed by atoms with E-state index in [2.05, 4.69) is 21.7 Å². The Kier molecular flexibility index (Phi) is 6.58. The highest BCUT2D eigenvalue weighted by Gasteiger charge is 2.21. The molecule has 120 valence electrons. The van der Waals surface area contributed by atoms with Gasteiger partial charge in [-0.15, -0.1) is 6.58 Å². The van der Waals surface area contributed by atoms with Crippen LogP contribution in [0.4, 0.5) is 0 Å². The minimum absolute atomic E-state index is 0.0395. The molecule has 0 spiro atoms. The lowest BCUT2D eigenvalue weighted by Gasteiger charge is -2.35. The fourth-order valence-corrected chi connectivity index (χ4v) is 2.60. The molecule has 0 saturated carbocycles. The summed E-state index contributed by atoms with van der Waals surface area (Å²) in [6, 6.07) is 9.73. The van der Waals surface area contributed by atoms with Crippen LogP contribution in [-0.2, 0) is 4.79 Å². The zero-order chi connectivity index (χ0) is 15.8. The van der Waals surface area contributed by atoms with Crippen molar-refractivity contribution in [2.45, 2.75) is 6.10 Å². The molecule has 1 aliphatic heterocycles. The molecule has 0 aliphatic carbocycles. The first-order chi connectivity index (χ1) is 10.7. The molecule has 1 aromatic rings. The van der Waals surface area contributed by atoms with Crippen LogP contribution in [0.15, 0.2) is 43.0 Å². The number of hydrogen-bond acceptors (Lipinski definition) is 4. The van der Waals surface area contributed by atoms with Crippen LogP contribution in [0, 0.1) is 0 Å². The summed E-state index contributed by atoms with van der Waals surface area (Å²) in [5.74, 6) is 0.0395. The first-order valence-corrected chi connectivity index (χ1v) is 7.74. The number of carbonyl (C=O) groups excluding carboxylic acids is 1. The summed E-state index contributed by atoms with van der Waals surface area (Å²) in [5.41, 5.74) is 0.953. The van der Waals surface area contributed by atoms with Gasteiger partial charge in [0.2, 0.25) is 5.91 Å². The van der Waals surface area contributed by atoms with Crippen LogP contribution in [0.25, 0.3) is 0 Å². The second-order valence-corrected chi connectivity index (χ2v) is 5.60. The van der Waals surface area contributed by atoms with Gasteiger partial charge in [-0.3, -0.25) is 14.6 Å². The summed E-state index contributed by atoms with van der Waals surface area (Å²) in [7, 11) is 0. The second-order valence-electron chi connectivity index (χ2n) is 5.60. The monoisotopic (exact) mass is 303 g/mol. The van der Waals surface area contributed by atoms with Crippen LogP contribution >= 0.6 is 0 Å². The Morgan fingerprint density at radius 3 is 2.50 bits per heavy atom. The molecule has 0 radical (unpaired) electrons. The lowest BCUT2D eigenvalue weighted by Crippen LogP contribution is -2.50. The van der Waals surface area contributed by atoms with Gasteiger partial charge in [-0.25, -0.2) is 0 Å². The summed E-state index contributed by atoms with van der Waals surface area (Å²) < 4.78 is 0. The number of rotatable bonds is 7. The lowest BCUT2D eigenvalue weighted by molar-refractivity contribution is -0.122. The predicted molar refractivity (Wildman–Crippen MR) is 87.5 cm³/mol. The molecule has 5 heteroatoms. The number of piperazine rings is 1. The number of amides is 1. The molecule has 5 nitrogen and oxygen atoms in total. The van der Waals surface area contributed by atoms with Gasteiger partial charge in [0.05, 0.1) is 12.6 Å². The zero-order valence-corrected chi connectivity index (χ0v) is 12.9. The maximum Gasteiger partial charge on any atom is 0.234 e. The summed E-state index contributed by atoms with van der Waals surface area (Å²) >= 11 is 0. The first kappa shape index (κ1) is 16.7. The molecule has 1 amide bonds. The number of hydrogen-bond donors (Lipinski definition) is 2. The molecular weight excluding hydrogens is 278 g/mol. The highest BCUT2D eigenvalue weighted by molar-refractivity contribution is 5.78. The molecule has 1 aliphatic rings. The fourth-order valence-electron chi connectivity index (χ4n) is 2.60. The third-order valence-corrected chi connectivity index (χ3v) is 3.89. The predicted octanol–water partition coefficient (Wildman–Crippen LogP) is 0.640. The minimum Gasteiger partial charge on any atom is -0.387 e. The van der Waals surface area contributed by atoms with E-state index in [0.717, 1.165) is 31.7 Å². The van der Waals surface area contributed by atoms with E-state index in [1.807, 2.05) is 30.3 Å². The number of benzene rings is 1. The third kappa shape index (κ3) is 5.26. The summed E-state index contributed by atoms with van der Waals surface area (Å²) in [6.45, 7) is 8.62. The summed E-state index contributed by atoms with van der Waals surface area (Å²) in [4.78, 5) is 16.0. The summed E-state index contributed by atoms with van der Waals surface area (Å²) in [5, 5.41) is 13.0. The van der Waals surface area contributed by atoms with Gasteiger partial charge < -0.3 is 10.4 Å². The lowest BCUT2D eigenvalue weighted by atomic mass is 10.1. The van der Waals surface area contributed by atoms with Gasteiger partial charge in [0.1, 0.15) is 0 Å². The van der Waals surface area contributed by atoms with E-state index in [0.29, 0.717) is 19.6 Å². The molecule has 1 atom stereocenters. The fraction of sp³-hybridized carbons (Fsp3) is 0.471. The van der Waals surface area contributed by atoms with Crippen molar-refractivity contribution in [2.24, 2.45) is 0 Å². The Bertz CT molecular complexity index is 470. The van der Waals surface area contributed by atoms with Crippen molar-refractivity contribution in [3.8, 4) is 0 Å². The standard InChI is InChI=1S/C17H25N3O2/c1-2-8-18-17(22)14-20-11-9-19(10-12-20)13-16(21)15-6-4-3-5-7-15/h2-7,16,21H,1,8-14H2,(H,18,22)/t16-/m1/s1. The highest BCUT2D eigenvalue weighted by Crippen LogP contribution is 2.14. The van der Waals surface area contributed by atoms with E-state index >= 15 is 0 Å². The molecule has 1 aromatic carbocycles. The Balaban J connectivity index is 1.71. The van der Waals surface area contributed by atoms with E-state index in [1.54, 1.807) is 6.08 Å². The van der Waals surface area contributed by atoms with Crippen LogP contribution in [-0.4, -0.2) is 66.6 Å². The molecule has 2 rings (SSSR count). The number of carbonyl (C=O) groups is 1. The third-order valence-electron chi connectivity index (χ3n) is 3.89. The normalized spacial score (nSPS) is 17.9. The zero-order valence-electron chi connectivity index (χ0n) is 12.9. The maximum atomic E-state index is 11.7. The van der Waals surface area contributed by atoms with Crippen molar-refractivity contribution in [3.05, 3.63) is 48.6 Å². The molecule has 0 aromatic heterocycles. The molecule has 1 fully saturated rings. The molecule has 22 heavy (non-hydrogen) atoms. The molecular formula is C17H25N3O2. The quantitative estimate of drug-likeness (QED) is 0.726. The second kappa shape index (κ2) is 8.68. The van der Waals surface area contributed by atoms with Crippen molar-refractivity contribution in [1.82, 2.24) is 15.1 Å². The first-order valence-electron chi connectivity index (χ1n) is 7.74. The van der Waals surface area contributed by atoms with Gasteiger partial charge in [0.15, 0.2) is 0 Å². The van der Waals surface area contributed by atoms with E-state index < -0.39 is 6.10 Å². The van der Waals surface area contributed by atoms with Gasteiger partial charge in [0, 0.05) is 39.3 Å². The van der Waals surface area contributed by atoms with Crippen molar-refractivity contribution < 1.29 is 9.90 Å². The SMILES string of the molecule is C=CCNC(=O)CN1CCN(C[C@@H](O)c2ccccc2)CC1. The van der Waals surface area contributed by atoms with Crippen LogP contribution in [0.2, 0.25) is 0 Å². The maximum absolute atomic E-state index is 11.7. The van der Waals surface area contributed by atoms with Gasteiger partial charge >= 0.3 is 0 Å². The molecule has 1 heterocycles. The number of aliphatic hydroxyl groups is 1. The topological polar surface area (TPSA) is 55.8 Å². The summed E-state index contributed by atoms with van der Waals surface area (Å²) in [6.07, 6.45) is 1.23. The largest absolute Gasteiger partial charge is 0.387 e. The van der Waals surface area contributed by atoms with E-state index in [4.69, 9.17) is 0 Å². The Hall–Kier alpha value is -1.69. The number of nitrogens with one attached hydrogen (secondary N) is 1. The molecule has 1 saturated heterocycles.